The number of anilines is 3. The fourth-order valence-corrected chi connectivity index (χ4v) is 1.07. The quantitative estimate of drug-likeness (QED) is 0.660. The number of pyridine rings is 1. The van der Waals surface area contributed by atoms with Gasteiger partial charge in [0.05, 0.1) is 6.33 Å². The van der Waals surface area contributed by atoms with E-state index in [0.29, 0.717) is 11.6 Å². The smallest absolute Gasteiger partial charge is 0.276 e. The monoisotopic (exact) mass is 203 g/mol. The molecule has 0 fully saturated rings. The summed E-state index contributed by atoms with van der Waals surface area (Å²) < 4.78 is 0. The Kier molecular flexibility index (Phi) is 2.32. The van der Waals surface area contributed by atoms with Crippen LogP contribution in [0.1, 0.15) is 0 Å². The van der Waals surface area contributed by atoms with Crippen LogP contribution < -0.4 is 16.6 Å². The average molecular weight is 203 g/mol. The van der Waals surface area contributed by atoms with Crippen molar-refractivity contribution in [2.45, 2.75) is 0 Å². The number of hydrogen-bond acceptors (Lipinski definition) is 5. The molecule has 0 aliphatic rings. The van der Waals surface area contributed by atoms with E-state index >= 15 is 0 Å². The third-order valence-electron chi connectivity index (χ3n) is 1.80. The summed E-state index contributed by atoms with van der Waals surface area (Å²) in [4.78, 5) is 21.5. The van der Waals surface area contributed by atoms with E-state index in [1.807, 2.05) is 6.07 Å². The van der Waals surface area contributed by atoms with E-state index in [1.54, 1.807) is 18.3 Å². The van der Waals surface area contributed by atoms with Crippen molar-refractivity contribution in [1.82, 2.24) is 15.0 Å². The molecule has 6 nitrogen and oxygen atoms in total. The van der Waals surface area contributed by atoms with Crippen molar-refractivity contribution in [3.8, 4) is 0 Å². The zero-order valence-electron chi connectivity index (χ0n) is 7.77. The van der Waals surface area contributed by atoms with Gasteiger partial charge in [-0.2, -0.15) is 0 Å². The van der Waals surface area contributed by atoms with E-state index in [2.05, 4.69) is 20.3 Å². The Balaban J connectivity index is 2.33. The summed E-state index contributed by atoms with van der Waals surface area (Å²) in [7, 11) is 0. The first-order valence-corrected chi connectivity index (χ1v) is 4.28. The molecular weight excluding hydrogens is 194 g/mol. The van der Waals surface area contributed by atoms with Crippen LogP contribution in [0.5, 0.6) is 0 Å². The van der Waals surface area contributed by atoms with Gasteiger partial charge in [-0.15, -0.1) is 0 Å². The van der Waals surface area contributed by atoms with E-state index in [9.17, 15) is 4.79 Å². The SMILES string of the molecule is Nc1c(Nc2ccccn2)nc[nH]c1=O. The van der Waals surface area contributed by atoms with Gasteiger partial charge in [0.2, 0.25) is 0 Å². The fraction of sp³-hybridized carbons (Fsp3) is 0. The molecule has 0 radical (unpaired) electrons. The van der Waals surface area contributed by atoms with Gasteiger partial charge in [0, 0.05) is 6.20 Å². The number of nitrogens with zero attached hydrogens (tertiary/aromatic N) is 2. The Bertz CT molecular complexity index is 507. The van der Waals surface area contributed by atoms with Crippen LogP contribution >= 0.6 is 0 Å². The molecule has 2 rings (SSSR count). The Morgan fingerprint density at radius 2 is 2.20 bits per heavy atom. The molecule has 76 valence electrons. The molecule has 2 heterocycles. The minimum atomic E-state index is -0.372. The van der Waals surface area contributed by atoms with Gasteiger partial charge in [-0.1, -0.05) is 6.07 Å². The molecule has 6 heteroatoms. The number of nitrogens with one attached hydrogen (secondary N) is 2. The lowest BCUT2D eigenvalue weighted by atomic mass is 10.4. The maximum absolute atomic E-state index is 11.1. The molecule has 0 amide bonds. The van der Waals surface area contributed by atoms with Crippen molar-refractivity contribution in [3.63, 3.8) is 0 Å². The van der Waals surface area contributed by atoms with Gasteiger partial charge in [-0.3, -0.25) is 4.79 Å². The zero-order valence-corrected chi connectivity index (χ0v) is 7.77. The largest absolute Gasteiger partial charge is 0.391 e. The van der Waals surface area contributed by atoms with E-state index in [4.69, 9.17) is 5.73 Å². The molecule has 0 spiro atoms. The second-order valence-electron chi connectivity index (χ2n) is 2.83. The number of hydrogen-bond donors (Lipinski definition) is 3. The van der Waals surface area contributed by atoms with Gasteiger partial charge >= 0.3 is 0 Å². The molecule has 15 heavy (non-hydrogen) atoms. The van der Waals surface area contributed by atoms with Crippen molar-refractivity contribution < 1.29 is 0 Å². The highest BCUT2D eigenvalue weighted by molar-refractivity contribution is 5.65. The molecule has 0 aliphatic heterocycles. The minimum Gasteiger partial charge on any atom is -0.391 e. The summed E-state index contributed by atoms with van der Waals surface area (Å²) in [6.07, 6.45) is 2.91. The minimum absolute atomic E-state index is 0.0446. The lowest BCUT2D eigenvalue weighted by molar-refractivity contribution is 1.12. The molecule has 2 aromatic rings. The number of rotatable bonds is 2. The molecule has 2 aromatic heterocycles. The summed E-state index contributed by atoms with van der Waals surface area (Å²) in [6, 6.07) is 5.36. The number of aromatic amines is 1. The number of H-pyrrole nitrogens is 1. The van der Waals surface area contributed by atoms with Crippen molar-refractivity contribution in [2.24, 2.45) is 0 Å². The Labute approximate surface area is 85.2 Å². The second kappa shape index (κ2) is 3.79. The third kappa shape index (κ3) is 1.93. The van der Waals surface area contributed by atoms with Crippen LogP contribution in [0.3, 0.4) is 0 Å². The van der Waals surface area contributed by atoms with Crippen LogP contribution in [0.25, 0.3) is 0 Å². The lowest BCUT2D eigenvalue weighted by Crippen LogP contribution is -2.14. The highest BCUT2D eigenvalue weighted by atomic mass is 16.1. The molecule has 0 saturated carbocycles. The molecule has 0 unspecified atom stereocenters. The second-order valence-corrected chi connectivity index (χ2v) is 2.83. The highest BCUT2D eigenvalue weighted by Crippen LogP contribution is 2.13. The Morgan fingerprint density at radius 3 is 2.93 bits per heavy atom. The fourth-order valence-electron chi connectivity index (χ4n) is 1.07. The number of nitrogens with two attached hydrogens (primary N) is 1. The Morgan fingerprint density at radius 1 is 1.33 bits per heavy atom. The summed E-state index contributed by atoms with van der Waals surface area (Å²) in [5, 5.41) is 2.85. The first-order valence-electron chi connectivity index (χ1n) is 4.28. The standard InChI is InChI=1S/C9H9N5O/c10-7-8(12-5-13-9(7)15)14-6-3-1-2-4-11-6/h1-5H,10H2,(H2,11,12,13,14,15). The molecule has 4 N–H and O–H groups in total. The summed E-state index contributed by atoms with van der Waals surface area (Å²) in [5.41, 5.74) is 5.21. The van der Waals surface area contributed by atoms with Gasteiger partial charge in [0.1, 0.15) is 11.5 Å². The highest BCUT2D eigenvalue weighted by Gasteiger charge is 2.04. The van der Waals surface area contributed by atoms with Gasteiger partial charge in [0.15, 0.2) is 5.82 Å². The van der Waals surface area contributed by atoms with Crippen LogP contribution in [0.15, 0.2) is 35.5 Å². The van der Waals surface area contributed by atoms with Crippen LogP contribution in [0, 0.1) is 0 Å². The van der Waals surface area contributed by atoms with E-state index in [1.165, 1.54) is 6.33 Å². The van der Waals surface area contributed by atoms with E-state index in [-0.39, 0.29) is 11.2 Å². The maximum atomic E-state index is 11.1. The molecular formula is C9H9N5O. The predicted octanol–water partition coefficient (Wildman–Crippen LogP) is 0.491. The molecule has 0 aromatic carbocycles. The summed E-state index contributed by atoms with van der Waals surface area (Å²) in [5.74, 6) is 0.889. The molecule has 0 saturated heterocycles. The normalized spacial score (nSPS) is 9.87. The van der Waals surface area contributed by atoms with Gasteiger partial charge in [0.25, 0.3) is 5.56 Å². The molecule has 0 atom stereocenters. The van der Waals surface area contributed by atoms with Gasteiger partial charge in [-0.05, 0) is 12.1 Å². The topological polar surface area (TPSA) is 96.7 Å². The van der Waals surface area contributed by atoms with Crippen LogP contribution in [-0.2, 0) is 0 Å². The van der Waals surface area contributed by atoms with E-state index in [0.717, 1.165) is 0 Å². The van der Waals surface area contributed by atoms with Gasteiger partial charge < -0.3 is 16.0 Å². The number of aromatic nitrogens is 3. The van der Waals surface area contributed by atoms with Gasteiger partial charge in [-0.25, -0.2) is 9.97 Å². The summed E-state index contributed by atoms with van der Waals surface area (Å²) in [6.45, 7) is 0. The zero-order chi connectivity index (χ0) is 10.7. The third-order valence-corrected chi connectivity index (χ3v) is 1.80. The van der Waals surface area contributed by atoms with Crippen molar-refractivity contribution >= 4 is 17.3 Å². The maximum Gasteiger partial charge on any atom is 0.276 e. The lowest BCUT2D eigenvalue weighted by Gasteiger charge is -2.05. The Hall–Kier alpha value is -2.37. The first-order chi connectivity index (χ1) is 7.27. The molecule has 0 bridgehead atoms. The summed E-state index contributed by atoms with van der Waals surface area (Å²) >= 11 is 0. The van der Waals surface area contributed by atoms with Crippen molar-refractivity contribution in [1.29, 1.82) is 0 Å². The van der Waals surface area contributed by atoms with Crippen LogP contribution in [-0.4, -0.2) is 15.0 Å². The average Bonchev–Trinajstić information content (AvgIpc) is 2.26. The first kappa shape index (κ1) is 9.20. The van der Waals surface area contributed by atoms with Crippen molar-refractivity contribution in [3.05, 3.63) is 41.1 Å². The predicted molar refractivity (Wildman–Crippen MR) is 56.8 cm³/mol. The molecule has 0 aliphatic carbocycles. The van der Waals surface area contributed by atoms with Crippen molar-refractivity contribution in [2.75, 3.05) is 11.1 Å². The van der Waals surface area contributed by atoms with E-state index < -0.39 is 0 Å². The van der Waals surface area contributed by atoms with Crippen LogP contribution in [0.4, 0.5) is 17.3 Å². The van der Waals surface area contributed by atoms with Crippen LogP contribution in [0.2, 0.25) is 0 Å². The number of nitrogen functional groups attached to an aromatic ring is 1.